The van der Waals surface area contributed by atoms with E-state index in [1.165, 1.54) is 5.57 Å². The minimum Gasteiger partial charge on any atom is -0.103 e. The first kappa shape index (κ1) is 13.5. The van der Waals surface area contributed by atoms with E-state index in [2.05, 4.69) is 47.8 Å². The largest absolute Gasteiger partial charge is 0.103 e. The number of hydrogen-bond acceptors (Lipinski definition) is 0. The molecule has 0 nitrogen and oxygen atoms in total. The first-order valence-corrected chi connectivity index (χ1v) is 5.44. The van der Waals surface area contributed by atoms with Gasteiger partial charge in [0.15, 0.2) is 0 Å². The summed E-state index contributed by atoms with van der Waals surface area (Å²) < 4.78 is 0. The highest BCUT2D eigenvalue weighted by Gasteiger charge is 2.20. The van der Waals surface area contributed by atoms with Gasteiger partial charge >= 0.3 is 0 Å². The molecule has 0 saturated carbocycles. The van der Waals surface area contributed by atoms with Crippen molar-refractivity contribution in [2.45, 2.75) is 53.9 Å². The zero-order valence-electron chi connectivity index (χ0n) is 10.6. The maximum absolute atomic E-state index is 4.17. The van der Waals surface area contributed by atoms with E-state index in [9.17, 15) is 0 Å². The number of hydrogen-bond donors (Lipinski definition) is 0. The van der Waals surface area contributed by atoms with Crippen LogP contribution in [-0.4, -0.2) is 0 Å². The Morgan fingerprint density at radius 1 is 1.07 bits per heavy atom. The molecule has 0 N–H and O–H groups in total. The van der Waals surface area contributed by atoms with Crippen LogP contribution in [0.1, 0.15) is 53.9 Å². The Labute approximate surface area is 90.1 Å². The van der Waals surface area contributed by atoms with Crippen molar-refractivity contribution in [1.29, 1.82) is 0 Å². The molecule has 0 aliphatic heterocycles. The molecule has 0 aromatic heterocycles. The van der Waals surface area contributed by atoms with Crippen molar-refractivity contribution >= 4 is 0 Å². The van der Waals surface area contributed by atoms with Crippen LogP contribution in [-0.2, 0) is 0 Å². The van der Waals surface area contributed by atoms with E-state index in [0.717, 1.165) is 19.3 Å². The first-order valence-electron chi connectivity index (χ1n) is 5.44. The van der Waals surface area contributed by atoms with E-state index in [1.807, 2.05) is 6.08 Å². The summed E-state index contributed by atoms with van der Waals surface area (Å²) in [6, 6.07) is 0. The molecule has 0 rings (SSSR count). The lowest BCUT2D eigenvalue weighted by Gasteiger charge is -2.27. The molecule has 0 unspecified atom stereocenters. The maximum Gasteiger partial charge on any atom is -0.0268 e. The van der Waals surface area contributed by atoms with Crippen LogP contribution in [0.2, 0.25) is 0 Å². The molecule has 0 aromatic rings. The molecule has 82 valence electrons. The summed E-state index contributed by atoms with van der Waals surface area (Å²) in [5, 5.41) is 0. The quantitative estimate of drug-likeness (QED) is 0.542. The highest BCUT2D eigenvalue weighted by atomic mass is 14.2. The van der Waals surface area contributed by atoms with Crippen LogP contribution >= 0.6 is 0 Å². The van der Waals surface area contributed by atoms with Gasteiger partial charge in [-0.05, 0) is 30.1 Å². The summed E-state index contributed by atoms with van der Waals surface area (Å²) in [5.74, 6) is 0. The van der Waals surface area contributed by atoms with Gasteiger partial charge in [0.25, 0.3) is 0 Å². The van der Waals surface area contributed by atoms with E-state index in [-0.39, 0.29) is 0 Å². The average molecular weight is 194 g/mol. The van der Waals surface area contributed by atoms with Crippen molar-refractivity contribution in [2.75, 3.05) is 0 Å². The smallest absolute Gasteiger partial charge is 0.0268 e. The molecule has 0 aromatic carbocycles. The van der Waals surface area contributed by atoms with Crippen molar-refractivity contribution in [3.63, 3.8) is 0 Å². The summed E-state index contributed by atoms with van der Waals surface area (Å²) >= 11 is 0. The SMILES string of the molecule is C=CCC(C)(C)CC(=C)CC(C)(C)C. The van der Waals surface area contributed by atoms with Crippen molar-refractivity contribution in [3.8, 4) is 0 Å². The Balaban J connectivity index is 4.12. The molecule has 0 aliphatic rings. The van der Waals surface area contributed by atoms with E-state index >= 15 is 0 Å². The van der Waals surface area contributed by atoms with Crippen LogP contribution in [0.4, 0.5) is 0 Å². The summed E-state index contributed by atoms with van der Waals surface area (Å²) in [6.07, 6.45) is 5.30. The van der Waals surface area contributed by atoms with Crippen LogP contribution in [0, 0.1) is 10.8 Å². The van der Waals surface area contributed by atoms with Crippen LogP contribution in [0.25, 0.3) is 0 Å². The third kappa shape index (κ3) is 6.94. The van der Waals surface area contributed by atoms with E-state index < -0.39 is 0 Å². The zero-order valence-corrected chi connectivity index (χ0v) is 10.6. The zero-order chi connectivity index (χ0) is 11.4. The molecular formula is C14H26. The van der Waals surface area contributed by atoms with Gasteiger partial charge in [0.05, 0.1) is 0 Å². The first-order chi connectivity index (χ1) is 6.16. The monoisotopic (exact) mass is 194 g/mol. The summed E-state index contributed by atoms with van der Waals surface area (Å²) in [5.41, 5.74) is 2.05. The van der Waals surface area contributed by atoms with Gasteiger partial charge in [-0.1, -0.05) is 52.8 Å². The lowest BCUT2D eigenvalue weighted by atomic mass is 9.78. The molecule has 0 amide bonds. The van der Waals surface area contributed by atoms with E-state index in [0.29, 0.717) is 10.8 Å². The van der Waals surface area contributed by atoms with E-state index in [1.54, 1.807) is 0 Å². The second kappa shape index (κ2) is 4.82. The number of rotatable bonds is 5. The molecule has 0 radical (unpaired) electrons. The van der Waals surface area contributed by atoms with Gasteiger partial charge in [-0.25, -0.2) is 0 Å². The fraction of sp³-hybridized carbons (Fsp3) is 0.714. The van der Waals surface area contributed by atoms with Gasteiger partial charge in [-0.15, -0.1) is 6.58 Å². The average Bonchev–Trinajstić information content (AvgIpc) is 1.78. The number of allylic oxidation sites excluding steroid dienone is 2. The van der Waals surface area contributed by atoms with Crippen LogP contribution in [0.3, 0.4) is 0 Å². The van der Waals surface area contributed by atoms with Gasteiger partial charge in [-0.2, -0.15) is 0 Å². The molecule has 0 atom stereocenters. The molecule has 14 heavy (non-hydrogen) atoms. The lowest BCUT2D eigenvalue weighted by Crippen LogP contribution is -2.14. The molecule has 0 saturated heterocycles. The molecule has 0 heteroatoms. The fourth-order valence-electron chi connectivity index (χ4n) is 1.95. The van der Waals surface area contributed by atoms with Gasteiger partial charge in [-0.3, -0.25) is 0 Å². The van der Waals surface area contributed by atoms with Crippen LogP contribution < -0.4 is 0 Å². The Bertz CT molecular complexity index is 201. The highest BCUT2D eigenvalue weighted by molar-refractivity contribution is 5.02. The normalized spacial score (nSPS) is 12.6. The second-order valence-corrected chi connectivity index (χ2v) is 6.32. The van der Waals surface area contributed by atoms with Crippen LogP contribution in [0.15, 0.2) is 24.8 Å². The van der Waals surface area contributed by atoms with Crippen molar-refractivity contribution in [1.82, 2.24) is 0 Å². The minimum absolute atomic E-state index is 0.323. The summed E-state index contributed by atoms with van der Waals surface area (Å²) in [6.45, 7) is 19.3. The standard InChI is InChI=1S/C14H26/c1-8-9-14(6,7)11-12(2)10-13(3,4)5/h8H,1-2,9-11H2,3-7H3. The fourth-order valence-corrected chi connectivity index (χ4v) is 1.95. The lowest BCUT2D eigenvalue weighted by molar-refractivity contribution is 0.337. The molecule has 0 aliphatic carbocycles. The Morgan fingerprint density at radius 2 is 1.57 bits per heavy atom. The summed E-state index contributed by atoms with van der Waals surface area (Å²) in [4.78, 5) is 0. The van der Waals surface area contributed by atoms with Crippen LogP contribution in [0.5, 0.6) is 0 Å². The molecule has 0 heterocycles. The topological polar surface area (TPSA) is 0 Å². The van der Waals surface area contributed by atoms with Crippen molar-refractivity contribution < 1.29 is 0 Å². The second-order valence-electron chi connectivity index (χ2n) is 6.32. The van der Waals surface area contributed by atoms with Gasteiger partial charge in [0, 0.05) is 0 Å². The van der Waals surface area contributed by atoms with Crippen molar-refractivity contribution in [3.05, 3.63) is 24.8 Å². The third-order valence-corrected chi connectivity index (χ3v) is 2.21. The predicted octanol–water partition coefficient (Wildman–Crippen LogP) is 4.97. The van der Waals surface area contributed by atoms with E-state index in [4.69, 9.17) is 0 Å². The summed E-state index contributed by atoms with van der Waals surface area (Å²) in [7, 11) is 0. The molecule has 0 bridgehead atoms. The van der Waals surface area contributed by atoms with Crippen molar-refractivity contribution in [2.24, 2.45) is 10.8 Å². The van der Waals surface area contributed by atoms with Gasteiger partial charge in [0.1, 0.15) is 0 Å². The highest BCUT2D eigenvalue weighted by Crippen LogP contribution is 2.33. The molecule has 0 fully saturated rings. The third-order valence-electron chi connectivity index (χ3n) is 2.21. The molecular weight excluding hydrogens is 168 g/mol. The Hall–Kier alpha value is -0.520. The van der Waals surface area contributed by atoms with Gasteiger partial charge < -0.3 is 0 Å². The Morgan fingerprint density at radius 3 is 1.93 bits per heavy atom. The molecule has 0 spiro atoms. The van der Waals surface area contributed by atoms with Gasteiger partial charge in [0.2, 0.25) is 0 Å². The minimum atomic E-state index is 0.323. The maximum atomic E-state index is 4.17. The predicted molar refractivity (Wildman–Crippen MR) is 66.4 cm³/mol. The Kier molecular flexibility index (Phi) is 4.64.